The van der Waals surface area contributed by atoms with Gasteiger partial charge in [-0.05, 0) is 121 Å². The number of nitrogens with one attached hydrogen (secondary N) is 1. The quantitative estimate of drug-likeness (QED) is 0.0743. The SMILES string of the molecule is C[C@@H](CC[SH](=O)=O)CNc1ccc(C#N)cc1C(C)(C)C/C=C/C1=C(N(C)S(=O)(=O)C(F)(F)F)C(=C/C=C2/N(CCCCS(=O)(=O)O)c3ccc(C#N)cc3C2(C)C)/CCC1. The summed E-state index contributed by atoms with van der Waals surface area (Å²) >= 11 is 0. The lowest BCUT2D eigenvalue weighted by Gasteiger charge is -2.31. The smallest absolute Gasteiger partial charge is 0.385 e. The predicted octanol–water partition coefficient (Wildman–Crippen LogP) is 8.20. The molecule has 18 heteroatoms. The second kappa shape index (κ2) is 19.6. The van der Waals surface area contributed by atoms with E-state index in [1.54, 1.807) is 60.7 Å². The van der Waals surface area contributed by atoms with Crippen LogP contribution >= 0.6 is 0 Å². The number of hydrogen-bond acceptors (Lipinski definition) is 10. The standard InChI is InChI=1S/C43H54F3N5O7S3/c1-30(20-23-59(52)53)29-49-37-17-14-31(27-47)25-35(37)41(2,3)21-10-13-33-11-9-12-34(40(33)50(6)61(57,58)43(44,45)46)16-19-39-42(4,5)36-26-32(28-48)15-18-38(36)51(39)22-7-8-24-60(54,55)56/h10,13-19,25-26,30,49,59H,7-9,11-12,20-24,29H2,1-6H3,(H,54,55,56)/b13-10+,34-16+,39-19+/t30-/m0/s1. The molecule has 2 N–H and O–H groups in total. The highest BCUT2D eigenvalue weighted by molar-refractivity contribution is 7.90. The van der Waals surface area contributed by atoms with Gasteiger partial charge in [-0.25, -0.2) is 8.42 Å². The van der Waals surface area contributed by atoms with Gasteiger partial charge in [-0.2, -0.15) is 40.5 Å². The van der Waals surface area contributed by atoms with Crippen LogP contribution in [0.25, 0.3) is 0 Å². The summed E-state index contributed by atoms with van der Waals surface area (Å²) in [6, 6.07) is 14.7. The molecule has 1 atom stereocenters. The van der Waals surface area contributed by atoms with Gasteiger partial charge in [0.05, 0.1) is 34.7 Å². The third-order valence-electron chi connectivity index (χ3n) is 11.2. The fourth-order valence-corrected chi connectivity index (χ4v) is 9.79. The van der Waals surface area contributed by atoms with E-state index >= 15 is 0 Å². The maximum absolute atomic E-state index is 14.2. The van der Waals surface area contributed by atoms with Crippen molar-refractivity contribution in [1.82, 2.24) is 4.31 Å². The number of alkyl halides is 3. The molecule has 0 bridgehead atoms. The van der Waals surface area contributed by atoms with Gasteiger partial charge in [0.2, 0.25) is 0 Å². The number of fused-ring (bicyclic) bond motifs is 1. The molecule has 12 nitrogen and oxygen atoms in total. The van der Waals surface area contributed by atoms with E-state index in [4.69, 9.17) is 0 Å². The van der Waals surface area contributed by atoms with Crippen molar-refractivity contribution in [2.24, 2.45) is 5.92 Å². The van der Waals surface area contributed by atoms with E-state index in [2.05, 4.69) is 17.5 Å². The van der Waals surface area contributed by atoms with Crippen molar-refractivity contribution in [2.45, 2.75) is 95.9 Å². The molecule has 1 heterocycles. The van der Waals surface area contributed by atoms with Crippen LogP contribution in [0, 0.1) is 28.6 Å². The van der Waals surface area contributed by atoms with Crippen molar-refractivity contribution in [1.29, 1.82) is 10.5 Å². The molecule has 4 rings (SSSR count). The average Bonchev–Trinajstić information content (AvgIpc) is 3.39. The number of hydrogen-bond donors (Lipinski definition) is 3. The minimum atomic E-state index is -5.83. The fourth-order valence-electron chi connectivity index (χ4n) is 7.78. The van der Waals surface area contributed by atoms with Crippen LogP contribution in [0.4, 0.5) is 24.5 Å². The van der Waals surface area contributed by atoms with E-state index in [1.807, 2.05) is 39.5 Å². The van der Waals surface area contributed by atoms with Crippen molar-refractivity contribution in [2.75, 3.05) is 41.9 Å². The molecule has 2 aromatic carbocycles. The van der Waals surface area contributed by atoms with Crippen LogP contribution in [-0.4, -0.2) is 71.3 Å². The minimum absolute atomic E-state index is 0.0338. The van der Waals surface area contributed by atoms with E-state index in [-0.39, 0.29) is 36.6 Å². The Bertz CT molecular complexity index is 2480. The molecular weight excluding hydrogens is 852 g/mol. The Morgan fingerprint density at radius 2 is 1.67 bits per heavy atom. The Balaban J connectivity index is 1.78. The number of sulfonamides is 1. The number of benzene rings is 2. The summed E-state index contributed by atoms with van der Waals surface area (Å²) in [5.41, 5.74) is -1.67. The Morgan fingerprint density at radius 1 is 1.02 bits per heavy atom. The number of likely N-dealkylation sites (N-methyl/N-ethyl adjacent to an activating group) is 1. The van der Waals surface area contributed by atoms with E-state index in [0.717, 1.165) is 29.5 Å². The van der Waals surface area contributed by atoms with Crippen LogP contribution in [-0.2, 0) is 41.7 Å². The first-order valence-corrected chi connectivity index (χ1v) is 24.3. The number of nitriles is 2. The second-order valence-corrected chi connectivity index (χ2v) is 21.3. The molecule has 0 unspecified atom stereocenters. The molecule has 2 aliphatic rings. The van der Waals surface area contributed by atoms with Gasteiger partial charge in [-0.3, -0.25) is 8.86 Å². The lowest BCUT2D eigenvalue weighted by Crippen LogP contribution is -2.39. The lowest BCUT2D eigenvalue weighted by atomic mass is 9.79. The van der Waals surface area contributed by atoms with Crippen LogP contribution in [0.3, 0.4) is 0 Å². The highest BCUT2D eigenvalue weighted by Gasteiger charge is 2.50. The second-order valence-electron chi connectivity index (χ2n) is 16.7. The van der Waals surface area contributed by atoms with Gasteiger partial charge in [-0.1, -0.05) is 52.8 Å². The maximum Gasteiger partial charge on any atom is 0.516 e. The molecule has 0 radical (unpaired) electrons. The van der Waals surface area contributed by atoms with Gasteiger partial charge in [0.15, 0.2) is 0 Å². The fraction of sp³-hybridized carbons (Fsp3) is 0.488. The Hall–Kier alpha value is -4.62. The number of halogens is 3. The first-order chi connectivity index (χ1) is 28.3. The summed E-state index contributed by atoms with van der Waals surface area (Å²) < 4.78 is 123. The number of nitrogens with zero attached hydrogens (tertiary/aromatic N) is 4. The van der Waals surface area contributed by atoms with E-state index in [1.165, 1.54) is 0 Å². The normalized spacial score (nSPS) is 17.8. The third-order valence-corrected chi connectivity index (χ3v) is 14.2. The van der Waals surface area contributed by atoms with Gasteiger partial charge in [-0.15, -0.1) is 0 Å². The van der Waals surface area contributed by atoms with Crippen molar-refractivity contribution in [3.05, 3.63) is 105 Å². The molecule has 1 aliphatic carbocycles. The number of unbranched alkanes of at least 4 members (excludes halogenated alkanes) is 1. The van der Waals surface area contributed by atoms with Crippen LogP contribution in [0.2, 0.25) is 0 Å². The topological polar surface area (TPSA) is 189 Å². The Kier molecular flexibility index (Phi) is 15.8. The molecule has 61 heavy (non-hydrogen) atoms. The minimum Gasteiger partial charge on any atom is -0.385 e. The molecule has 0 saturated carbocycles. The summed E-state index contributed by atoms with van der Waals surface area (Å²) in [7, 11) is -11.6. The average molecular weight is 906 g/mol. The highest BCUT2D eigenvalue weighted by atomic mass is 32.2. The highest BCUT2D eigenvalue weighted by Crippen LogP contribution is 2.49. The van der Waals surface area contributed by atoms with Gasteiger partial charge < -0.3 is 10.2 Å². The molecule has 0 saturated heterocycles. The monoisotopic (exact) mass is 905 g/mol. The van der Waals surface area contributed by atoms with Gasteiger partial charge >= 0.3 is 15.5 Å². The van der Waals surface area contributed by atoms with Crippen molar-refractivity contribution in [3.8, 4) is 12.1 Å². The first kappa shape index (κ1) is 49.0. The molecule has 2 aromatic rings. The Morgan fingerprint density at radius 3 is 2.30 bits per heavy atom. The van der Waals surface area contributed by atoms with Crippen molar-refractivity contribution >= 4 is 42.2 Å². The zero-order valence-corrected chi connectivity index (χ0v) is 37.7. The molecule has 1 aliphatic heterocycles. The lowest BCUT2D eigenvalue weighted by molar-refractivity contribution is -0.0474. The molecule has 0 fully saturated rings. The largest absolute Gasteiger partial charge is 0.516 e. The van der Waals surface area contributed by atoms with Crippen LogP contribution in [0.1, 0.15) is 102 Å². The van der Waals surface area contributed by atoms with Crippen LogP contribution in [0.15, 0.2) is 83.2 Å². The zero-order chi connectivity index (χ0) is 45.6. The third kappa shape index (κ3) is 12.1. The zero-order valence-electron chi connectivity index (χ0n) is 35.2. The summed E-state index contributed by atoms with van der Waals surface area (Å²) in [5, 5.41) is 22.7. The van der Waals surface area contributed by atoms with Gasteiger partial charge in [0.1, 0.15) is 10.7 Å². The number of allylic oxidation sites excluding steroid dienone is 7. The van der Waals surface area contributed by atoms with Gasteiger partial charge in [0, 0.05) is 48.4 Å². The summed E-state index contributed by atoms with van der Waals surface area (Å²) in [5.74, 6) is -0.336. The van der Waals surface area contributed by atoms with E-state index in [0.29, 0.717) is 71.0 Å². The first-order valence-electron chi connectivity index (χ1n) is 19.9. The summed E-state index contributed by atoms with van der Waals surface area (Å²) in [6.45, 7) is 10.5. The molecular formula is C43H54F3N5O7S3. The number of thiol groups is 1. The molecule has 0 aromatic heterocycles. The van der Waals surface area contributed by atoms with Crippen LogP contribution in [0.5, 0.6) is 0 Å². The predicted molar refractivity (Wildman–Crippen MR) is 232 cm³/mol. The Labute approximate surface area is 359 Å². The number of rotatable bonds is 18. The number of anilines is 2. The molecule has 332 valence electrons. The van der Waals surface area contributed by atoms with Crippen LogP contribution < -0.4 is 10.2 Å². The molecule has 0 spiro atoms. The summed E-state index contributed by atoms with van der Waals surface area (Å²) in [6.07, 6.45) is 9.22. The van der Waals surface area contributed by atoms with E-state index < -0.39 is 52.9 Å². The van der Waals surface area contributed by atoms with Crippen molar-refractivity contribution < 1.29 is 43.0 Å². The van der Waals surface area contributed by atoms with Gasteiger partial charge in [0.25, 0.3) is 10.1 Å². The summed E-state index contributed by atoms with van der Waals surface area (Å²) in [4.78, 5) is 1.95. The molecule has 0 amide bonds. The maximum atomic E-state index is 14.2. The van der Waals surface area contributed by atoms with Crippen molar-refractivity contribution in [3.63, 3.8) is 0 Å². The van der Waals surface area contributed by atoms with E-state index in [9.17, 15) is 53.5 Å².